The van der Waals surface area contributed by atoms with E-state index in [2.05, 4.69) is 44.7 Å². The largest absolute Gasteiger partial charge is 0.306 e. The molecule has 0 unspecified atom stereocenters. The second-order valence-electron chi connectivity index (χ2n) is 5.35. The predicted molar refractivity (Wildman–Crippen MR) is 64.8 cm³/mol. The molecular weight excluding hydrogens is 172 g/mol. The highest BCUT2D eigenvalue weighted by Gasteiger charge is 2.27. The second-order valence-corrected chi connectivity index (χ2v) is 5.35. The van der Waals surface area contributed by atoms with Gasteiger partial charge in [-0.05, 0) is 47.7 Å². The van der Waals surface area contributed by atoms with Crippen LogP contribution in [0.15, 0.2) is 0 Å². The Hall–Kier alpha value is -0.0800. The topological polar surface area (TPSA) is 6.48 Å². The average molecular weight is 200 g/mol. The summed E-state index contributed by atoms with van der Waals surface area (Å²) in [6.45, 7) is 9.44. The molecule has 0 atom stereocenters. The van der Waals surface area contributed by atoms with Crippen LogP contribution in [0.4, 0.5) is 0 Å². The van der Waals surface area contributed by atoms with E-state index >= 15 is 0 Å². The highest BCUT2D eigenvalue weighted by atomic mass is 15.2. The van der Waals surface area contributed by atoms with Gasteiger partial charge in [0.05, 0.1) is 0 Å². The molecule has 14 heavy (non-hydrogen) atoms. The Morgan fingerprint density at radius 3 is 1.79 bits per heavy atom. The van der Waals surface area contributed by atoms with Gasteiger partial charge < -0.3 is 4.90 Å². The molecule has 0 aromatic heterocycles. The molecule has 1 saturated heterocycles. The van der Waals surface area contributed by atoms with Crippen molar-refractivity contribution in [3.63, 3.8) is 0 Å². The van der Waals surface area contributed by atoms with E-state index in [1.54, 1.807) is 0 Å². The molecule has 0 aromatic rings. The Morgan fingerprint density at radius 2 is 1.50 bits per heavy atom. The summed E-state index contributed by atoms with van der Waals surface area (Å²) >= 11 is 0. The highest BCUT2D eigenvalue weighted by molar-refractivity contribution is 4.84. The molecule has 86 valence electrons. The van der Waals surface area contributed by atoms with Gasteiger partial charge in [-0.1, -0.05) is 7.43 Å². The van der Waals surface area contributed by atoms with E-state index in [0.717, 1.165) is 6.04 Å². The number of likely N-dealkylation sites (tertiary alicyclic amines) is 1. The summed E-state index contributed by atoms with van der Waals surface area (Å²) in [5.74, 6) is 0. The number of rotatable bonds is 1. The summed E-state index contributed by atoms with van der Waals surface area (Å²) in [7, 11) is 4.38. The molecule has 0 radical (unpaired) electrons. The third kappa shape index (κ3) is 3.58. The monoisotopic (exact) mass is 200 g/mol. The van der Waals surface area contributed by atoms with E-state index in [1.165, 1.54) is 25.9 Å². The Morgan fingerprint density at radius 1 is 1.07 bits per heavy atom. The van der Waals surface area contributed by atoms with Crippen molar-refractivity contribution in [1.82, 2.24) is 9.80 Å². The quantitative estimate of drug-likeness (QED) is 0.641. The lowest BCUT2D eigenvalue weighted by Gasteiger charge is -2.42. The Labute approximate surface area is 90.3 Å². The first kappa shape index (κ1) is 13.9. The minimum absolute atomic E-state index is 0. The maximum atomic E-state index is 2.59. The van der Waals surface area contributed by atoms with Crippen molar-refractivity contribution < 1.29 is 0 Å². The maximum absolute atomic E-state index is 2.59. The van der Waals surface area contributed by atoms with E-state index in [1.807, 2.05) is 0 Å². The van der Waals surface area contributed by atoms with Gasteiger partial charge in [0.25, 0.3) is 0 Å². The van der Waals surface area contributed by atoms with Gasteiger partial charge in [0.15, 0.2) is 0 Å². The van der Waals surface area contributed by atoms with Gasteiger partial charge in [-0.2, -0.15) is 0 Å². The standard InChI is InChI=1S/C11H24N2.CH4/c1-11(2,3)13-8-6-10(7-9-13)12(4)5;/h10H,6-9H2,1-5H3;1H4. The fourth-order valence-electron chi connectivity index (χ4n) is 2.05. The minimum atomic E-state index is 0. The van der Waals surface area contributed by atoms with E-state index < -0.39 is 0 Å². The van der Waals surface area contributed by atoms with Crippen LogP contribution in [0.5, 0.6) is 0 Å². The summed E-state index contributed by atoms with van der Waals surface area (Å²) in [4.78, 5) is 4.95. The lowest BCUT2D eigenvalue weighted by molar-refractivity contribution is 0.0729. The zero-order valence-electron chi connectivity index (χ0n) is 9.80. The first-order chi connectivity index (χ1) is 5.91. The average Bonchev–Trinajstić information content (AvgIpc) is 2.03. The zero-order valence-corrected chi connectivity index (χ0v) is 9.80. The SMILES string of the molecule is C.CN(C)C1CCN(C(C)(C)C)CC1. The molecule has 1 rings (SSSR count). The number of nitrogens with zero attached hydrogens (tertiary/aromatic N) is 2. The molecule has 1 heterocycles. The Bertz CT molecular complexity index is 150. The molecule has 0 aromatic carbocycles. The summed E-state index contributed by atoms with van der Waals surface area (Å²) < 4.78 is 0. The first-order valence-corrected chi connectivity index (χ1v) is 5.33. The summed E-state index contributed by atoms with van der Waals surface area (Å²) in [6.07, 6.45) is 2.65. The Kier molecular flexibility index (Phi) is 5.10. The molecule has 0 N–H and O–H groups in total. The van der Waals surface area contributed by atoms with Crippen LogP contribution in [0.1, 0.15) is 41.0 Å². The van der Waals surface area contributed by atoms with Gasteiger partial charge in [-0.25, -0.2) is 0 Å². The van der Waals surface area contributed by atoms with Gasteiger partial charge in [-0.3, -0.25) is 4.90 Å². The van der Waals surface area contributed by atoms with Crippen molar-refractivity contribution in [2.24, 2.45) is 0 Å². The Balaban J connectivity index is 0.00000169. The summed E-state index contributed by atoms with van der Waals surface area (Å²) in [6, 6.07) is 0.804. The van der Waals surface area contributed by atoms with Crippen molar-refractivity contribution in [2.75, 3.05) is 27.2 Å². The fraction of sp³-hybridized carbons (Fsp3) is 1.00. The van der Waals surface area contributed by atoms with Crippen molar-refractivity contribution in [2.45, 2.75) is 52.6 Å². The lowest BCUT2D eigenvalue weighted by atomic mass is 9.98. The second kappa shape index (κ2) is 5.13. The summed E-state index contributed by atoms with van der Waals surface area (Å²) in [5, 5.41) is 0. The van der Waals surface area contributed by atoms with Gasteiger partial charge in [0.2, 0.25) is 0 Å². The van der Waals surface area contributed by atoms with Gasteiger partial charge in [0.1, 0.15) is 0 Å². The molecule has 2 nitrogen and oxygen atoms in total. The third-order valence-electron chi connectivity index (χ3n) is 3.14. The number of hydrogen-bond donors (Lipinski definition) is 0. The van der Waals surface area contributed by atoms with Crippen molar-refractivity contribution in [1.29, 1.82) is 0 Å². The molecule has 2 heteroatoms. The highest BCUT2D eigenvalue weighted by Crippen LogP contribution is 2.21. The van der Waals surface area contributed by atoms with Crippen molar-refractivity contribution >= 4 is 0 Å². The molecule has 0 amide bonds. The van der Waals surface area contributed by atoms with Crippen LogP contribution in [0.3, 0.4) is 0 Å². The van der Waals surface area contributed by atoms with Crippen LogP contribution >= 0.6 is 0 Å². The van der Waals surface area contributed by atoms with Crippen LogP contribution < -0.4 is 0 Å². The van der Waals surface area contributed by atoms with E-state index in [4.69, 9.17) is 0 Å². The molecule has 1 fully saturated rings. The zero-order chi connectivity index (χ0) is 10.1. The molecule has 1 aliphatic rings. The molecular formula is C12H28N2. The van der Waals surface area contributed by atoms with Crippen molar-refractivity contribution in [3.05, 3.63) is 0 Å². The number of hydrogen-bond acceptors (Lipinski definition) is 2. The molecule has 0 aliphatic carbocycles. The molecule has 0 spiro atoms. The van der Waals surface area contributed by atoms with Crippen LogP contribution in [0.25, 0.3) is 0 Å². The van der Waals surface area contributed by atoms with Crippen LogP contribution in [-0.4, -0.2) is 48.6 Å². The van der Waals surface area contributed by atoms with E-state index in [9.17, 15) is 0 Å². The molecule has 0 bridgehead atoms. The first-order valence-electron chi connectivity index (χ1n) is 5.33. The van der Waals surface area contributed by atoms with Crippen LogP contribution in [-0.2, 0) is 0 Å². The van der Waals surface area contributed by atoms with E-state index in [-0.39, 0.29) is 7.43 Å². The normalized spacial score (nSPS) is 21.0. The van der Waals surface area contributed by atoms with Crippen LogP contribution in [0.2, 0.25) is 0 Å². The molecule has 0 saturated carbocycles. The predicted octanol–water partition coefficient (Wildman–Crippen LogP) is 2.45. The van der Waals surface area contributed by atoms with E-state index in [0.29, 0.717) is 5.54 Å². The summed E-state index contributed by atoms with van der Waals surface area (Å²) in [5.41, 5.74) is 0.358. The van der Waals surface area contributed by atoms with Crippen molar-refractivity contribution in [3.8, 4) is 0 Å². The minimum Gasteiger partial charge on any atom is -0.306 e. The van der Waals surface area contributed by atoms with Gasteiger partial charge in [0, 0.05) is 24.7 Å². The molecule has 1 aliphatic heterocycles. The number of piperidine rings is 1. The fourth-order valence-corrected chi connectivity index (χ4v) is 2.05. The van der Waals surface area contributed by atoms with Crippen LogP contribution in [0, 0.1) is 0 Å². The maximum Gasteiger partial charge on any atom is 0.0125 e. The third-order valence-corrected chi connectivity index (χ3v) is 3.14. The van der Waals surface area contributed by atoms with Gasteiger partial charge in [-0.15, -0.1) is 0 Å². The van der Waals surface area contributed by atoms with Gasteiger partial charge >= 0.3 is 0 Å². The lowest BCUT2D eigenvalue weighted by Crippen LogP contribution is -2.49. The smallest absolute Gasteiger partial charge is 0.0125 e.